The van der Waals surface area contributed by atoms with E-state index in [0.717, 1.165) is 29.1 Å². The van der Waals surface area contributed by atoms with Crippen molar-refractivity contribution in [1.29, 1.82) is 10.8 Å². The number of hydrogen-bond donors (Lipinski definition) is 4. The van der Waals surface area contributed by atoms with Crippen molar-refractivity contribution in [2.45, 2.75) is 11.5 Å². The Morgan fingerprint density at radius 2 is 1.46 bits per heavy atom. The minimum absolute atomic E-state index is 0. The molecule has 0 spiro atoms. The SMILES string of the molecule is Br.N=C(N)SCc1ccccc1C(=O)c1cc(F)ccc1CSC(=N)N. The van der Waals surface area contributed by atoms with Crippen LogP contribution in [0.2, 0.25) is 0 Å². The average Bonchev–Trinajstić information content (AvgIpc) is 2.58. The molecule has 0 aliphatic rings. The summed E-state index contributed by atoms with van der Waals surface area (Å²) in [7, 11) is 0. The summed E-state index contributed by atoms with van der Waals surface area (Å²) >= 11 is 2.19. The van der Waals surface area contributed by atoms with E-state index in [1.54, 1.807) is 24.3 Å². The number of amidine groups is 2. The van der Waals surface area contributed by atoms with Gasteiger partial charge in [0.2, 0.25) is 0 Å². The molecular weight excluding hydrogens is 439 g/mol. The number of nitrogens with two attached hydrogens (primary N) is 2. The Hall–Kier alpha value is -1.84. The lowest BCUT2D eigenvalue weighted by atomic mass is 9.96. The fourth-order valence-electron chi connectivity index (χ4n) is 2.21. The maximum absolute atomic E-state index is 13.7. The van der Waals surface area contributed by atoms with E-state index >= 15 is 0 Å². The summed E-state index contributed by atoms with van der Waals surface area (Å²) in [6, 6.07) is 11.0. The van der Waals surface area contributed by atoms with Crippen molar-refractivity contribution < 1.29 is 9.18 Å². The highest BCUT2D eigenvalue weighted by Crippen LogP contribution is 2.24. The number of carbonyl (C=O) groups excluding carboxylic acids is 1. The average molecular weight is 457 g/mol. The van der Waals surface area contributed by atoms with Crippen molar-refractivity contribution in [3.8, 4) is 0 Å². The zero-order chi connectivity index (χ0) is 18.4. The van der Waals surface area contributed by atoms with Crippen molar-refractivity contribution in [1.82, 2.24) is 0 Å². The van der Waals surface area contributed by atoms with Gasteiger partial charge in [-0.15, -0.1) is 17.0 Å². The molecule has 6 N–H and O–H groups in total. The van der Waals surface area contributed by atoms with Crippen LogP contribution in [0.4, 0.5) is 4.39 Å². The van der Waals surface area contributed by atoms with E-state index in [4.69, 9.17) is 22.3 Å². The lowest BCUT2D eigenvalue weighted by Crippen LogP contribution is -2.11. The van der Waals surface area contributed by atoms with Gasteiger partial charge in [0.05, 0.1) is 0 Å². The molecule has 0 radical (unpaired) electrons. The van der Waals surface area contributed by atoms with Crippen molar-refractivity contribution in [3.05, 3.63) is 70.5 Å². The molecule has 0 unspecified atom stereocenters. The van der Waals surface area contributed by atoms with Gasteiger partial charge in [0.1, 0.15) is 5.82 Å². The predicted molar refractivity (Wildman–Crippen MR) is 113 cm³/mol. The largest absolute Gasteiger partial charge is 0.379 e. The van der Waals surface area contributed by atoms with Crippen molar-refractivity contribution in [3.63, 3.8) is 0 Å². The first-order chi connectivity index (χ1) is 11.9. The first-order valence-electron chi connectivity index (χ1n) is 7.23. The molecule has 0 aliphatic heterocycles. The van der Waals surface area contributed by atoms with E-state index in [9.17, 15) is 9.18 Å². The summed E-state index contributed by atoms with van der Waals surface area (Å²) < 4.78 is 13.7. The van der Waals surface area contributed by atoms with Crippen LogP contribution < -0.4 is 11.5 Å². The lowest BCUT2D eigenvalue weighted by Gasteiger charge is -2.12. The summed E-state index contributed by atoms with van der Waals surface area (Å²) in [5.41, 5.74) is 12.7. The molecule has 0 heterocycles. The van der Waals surface area contributed by atoms with Gasteiger partial charge in [-0.05, 0) is 23.3 Å². The molecule has 0 fully saturated rings. The van der Waals surface area contributed by atoms with E-state index in [1.165, 1.54) is 18.2 Å². The second kappa shape index (κ2) is 10.3. The van der Waals surface area contributed by atoms with Crippen LogP contribution in [0.5, 0.6) is 0 Å². The second-order valence-electron chi connectivity index (χ2n) is 5.09. The molecule has 0 atom stereocenters. The lowest BCUT2D eigenvalue weighted by molar-refractivity contribution is 0.103. The Morgan fingerprint density at radius 3 is 2.04 bits per heavy atom. The molecule has 0 amide bonds. The van der Waals surface area contributed by atoms with Crippen LogP contribution in [0.25, 0.3) is 0 Å². The molecule has 138 valence electrons. The fourth-order valence-corrected chi connectivity index (χ4v) is 3.34. The van der Waals surface area contributed by atoms with Crippen LogP contribution in [0.3, 0.4) is 0 Å². The van der Waals surface area contributed by atoms with Crippen LogP contribution >= 0.6 is 40.5 Å². The highest BCUT2D eigenvalue weighted by molar-refractivity contribution is 8.93. The molecule has 0 aromatic heterocycles. The minimum Gasteiger partial charge on any atom is -0.379 e. The Morgan fingerprint density at radius 1 is 0.923 bits per heavy atom. The monoisotopic (exact) mass is 456 g/mol. The fraction of sp³-hybridized carbons (Fsp3) is 0.118. The molecule has 26 heavy (non-hydrogen) atoms. The molecule has 5 nitrogen and oxygen atoms in total. The molecule has 0 aliphatic carbocycles. The van der Waals surface area contributed by atoms with E-state index in [0.29, 0.717) is 22.6 Å². The Bertz CT molecular complexity index is 832. The van der Waals surface area contributed by atoms with Gasteiger partial charge in [-0.2, -0.15) is 0 Å². The molecule has 2 aromatic carbocycles. The summed E-state index contributed by atoms with van der Waals surface area (Å²) in [6.45, 7) is 0. The zero-order valence-corrected chi connectivity index (χ0v) is 17.0. The van der Waals surface area contributed by atoms with E-state index in [-0.39, 0.29) is 38.7 Å². The van der Waals surface area contributed by atoms with E-state index < -0.39 is 5.82 Å². The minimum atomic E-state index is -0.504. The van der Waals surface area contributed by atoms with Crippen LogP contribution in [-0.2, 0) is 11.5 Å². The highest BCUT2D eigenvalue weighted by atomic mass is 79.9. The number of hydrogen-bond acceptors (Lipinski definition) is 5. The van der Waals surface area contributed by atoms with Gasteiger partial charge in [-0.25, -0.2) is 4.39 Å². The number of halogens is 2. The maximum atomic E-state index is 13.7. The summed E-state index contributed by atoms with van der Waals surface area (Å²) in [5.74, 6) is -0.126. The first-order valence-corrected chi connectivity index (χ1v) is 9.20. The van der Waals surface area contributed by atoms with Gasteiger partial charge in [0.25, 0.3) is 0 Å². The zero-order valence-electron chi connectivity index (χ0n) is 13.6. The number of nitrogens with one attached hydrogen (secondary N) is 2. The first kappa shape index (κ1) is 22.2. The van der Waals surface area contributed by atoms with Gasteiger partial charge < -0.3 is 11.5 Å². The number of carbonyl (C=O) groups is 1. The normalized spacial score (nSPS) is 10.0. The predicted octanol–water partition coefficient (Wildman–Crippen LogP) is 3.89. The third kappa shape index (κ3) is 6.15. The third-order valence-corrected chi connectivity index (χ3v) is 4.88. The molecule has 2 rings (SSSR count). The van der Waals surface area contributed by atoms with Gasteiger partial charge in [0.15, 0.2) is 16.1 Å². The van der Waals surface area contributed by atoms with E-state index in [2.05, 4.69) is 0 Å². The van der Waals surface area contributed by atoms with Crippen LogP contribution in [0.1, 0.15) is 27.0 Å². The van der Waals surface area contributed by atoms with Gasteiger partial charge in [-0.1, -0.05) is 53.9 Å². The Kier molecular flexibility index (Phi) is 8.83. The van der Waals surface area contributed by atoms with Crippen LogP contribution in [0.15, 0.2) is 42.5 Å². The number of thioether (sulfide) groups is 2. The molecule has 2 aromatic rings. The van der Waals surface area contributed by atoms with Gasteiger partial charge >= 0.3 is 0 Å². The molecule has 0 saturated heterocycles. The summed E-state index contributed by atoms with van der Waals surface area (Å²) in [4.78, 5) is 13.0. The van der Waals surface area contributed by atoms with Gasteiger partial charge in [0, 0.05) is 22.6 Å². The number of rotatable bonds is 6. The Balaban J connectivity index is 0.00000338. The summed E-state index contributed by atoms with van der Waals surface area (Å²) in [6.07, 6.45) is 0. The quantitative estimate of drug-likeness (QED) is 0.298. The summed E-state index contributed by atoms with van der Waals surface area (Å²) in [5, 5.41) is 14.5. The number of benzene rings is 2. The van der Waals surface area contributed by atoms with Crippen LogP contribution in [0, 0.1) is 16.6 Å². The van der Waals surface area contributed by atoms with Crippen molar-refractivity contribution in [2.75, 3.05) is 0 Å². The Labute approximate surface area is 169 Å². The second-order valence-corrected chi connectivity index (χ2v) is 7.13. The van der Waals surface area contributed by atoms with Crippen LogP contribution in [-0.4, -0.2) is 16.1 Å². The van der Waals surface area contributed by atoms with Crippen molar-refractivity contribution >= 4 is 56.6 Å². The molecule has 0 saturated carbocycles. The van der Waals surface area contributed by atoms with Gasteiger partial charge in [-0.3, -0.25) is 15.6 Å². The molecule has 0 bridgehead atoms. The smallest absolute Gasteiger partial charge is 0.193 e. The third-order valence-electron chi connectivity index (χ3n) is 3.34. The standard InChI is InChI=1S/C17H17FN4OS2.BrH/c18-12-6-5-11(9-25-17(21)22)14(7-12)15(23)13-4-2-1-3-10(13)8-24-16(19)20;/h1-7H,8-9H2,(H3,19,20)(H3,21,22);1H. The highest BCUT2D eigenvalue weighted by Gasteiger charge is 2.18. The maximum Gasteiger partial charge on any atom is 0.193 e. The topological polar surface area (TPSA) is 117 Å². The molecule has 9 heteroatoms. The van der Waals surface area contributed by atoms with E-state index in [1.807, 2.05) is 0 Å². The number of ketones is 1. The molecular formula is C17H18BrFN4OS2. The van der Waals surface area contributed by atoms with Crippen molar-refractivity contribution in [2.24, 2.45) is 11.5 Å².